The van der Waals surface area contributed by atoms with E-state index in [9.17, 15) is 14.9 Å². The second-order valence-electron chi connectivity index (χ2n) is 5.31. The molecule has 0 bridgehead atoms. The minimum Gasteiger partial charge on any atom is -0.454 e. The van der Waals surface area contributed by atoms with Crippen molar-refractivity contribution in [2.45, 2.75) is 6.42 Å². The van der Waals surface area contributed by atoms with Gasteiger partial charge in [-0.05, 0) is 30.8 Å². The SMILES string of the molecule is COCCCN1C(=O)/C(=C\c2cc3c(cc2[N+](=O)[O-])OCO3)NC1=S. The lowest BCUT2D eigenvalue weighted by Crippen LogP contribution is -2.32. The summed E-state index contributed by atoms with van der Waals surface area (Å²) in [5.41, 5.74) is 0.214. The molecule has 0 spiro atoms. The van der Waals surface area contributed by atoms with Gasteiger partial charge in [0.2, 0.25) is 6.79 Å². The Morgan fingerprint density at radius 3 is 2.84 bits per heavy atom. The third kappa shape index (κ3) is 3.39. The largest absolute Gasteiger partial charge is 0.454 e. The molecular weight excluding hydrogens is 350 g/mol. The molecule has 1 fully saturated rings. The number of rotatable bonds is 6. The molecule has 2 aliphatic heterocycles. The molecule has 25 heavy (non-hydrogen) atoms. The molecule has 0 atom stereocenters. The van der Waals surface area contributed by atoms with E-state index in [-0.39, 0.29) is 34.8 Å². The van der Waals surface area contributed by atoms with Crippen LogP contribution in [0.1, 0.15) is 12.0 Å². The molecule has 0 radical (unpaired) electrons. The monoisotopic (exact) mass is 365 g/mol. The summed E-state index contributed by atoms with van der Waals surface area (Å²) in [6, 6.07) is 2.75. The molecule has 1 aromatic rings. The smallest absolute Gasteiger partial charge is 0.280 e. The summed E-state index contributed by atoms with van der Waals surface area (Å²) in [5.74, 6) is 0.353. The van der Waals surface area contributed by atoms with Gasteiger partial charge in [0.05, 0.1) is 16.6 Å². The number of amides is 1. The zero-order chi connectivity index (χ0) is 18.0. The Balaban J connectivity index is 1.89. The van der Waals surface area contributed by atoms with E-state index in [2.05, 4.69) is 5.32 Å². The minimum atomic E-state index is -0.539. The normalized spacial score (nSPS) is 17.3. The molecular formula is C15H15N3O6S. The van der Waals surface area contributed by atoms with Crippen molar-refractivity contribution >= 4 is 35.0 Å². The van der Waals surface area contributed by atoms with Crippen LogP contribution in [0, 0.1) is 10.1 Å². The Labute approximate surface area is 148 Å². The number of nitro groups is 1. The van der Waals surface area contributed by atoms with Crippen molar-refractivity contribution in [3.05, 3.63) is 33.5 Å². The number of nitrogens with one attached hydrogen (secondary N) is 1. The van der Waals surface area contributed by atoms with Gasteiger partial charge in [-0.25, -0.2) is 0 Å². The predicted molar refractivity (Wildman–Crippen MR) is 91.1 cm³/mol. The van der Waals surface area contributed by atoms with Gasteiger partial charge in [0.15, 0.2) is 16.6 Å². The average molecular weight is 365 g/mol. The van der Waals surface area contributed by atoms with Gasteiger partial charge < -0.3 is 19.5 Å². The van der Waals surface area contributed by atoms with Gasteiger partial charge in [0.1, 0.15) is 5.70 Å². The van der Waals surface area contributed by atoms with E-state index < -0.39 is 4.92 Å². The van der Waals surface area contributed by atoms with Crippen LogP contribution in [0.2, 0.25) is 0 Å². The first-order valence-corrected chi connectivity index (χ1v) is 7.83. The quantitative estimate of drug-likeness (QED) is 0.265. The van der Waals surface area contributed by atoms with Crippen molar-refractivity contribution in [3.8, 4) is 11.5 Å². The Morgan fingerprint density at radius 2 is 2.16 bits per heavy atom. The van der Waals surface area contributed by atoms with E-state index in [1.165, 1.54) is 23.1 Å². The van der Waals surface area contributed by atoms with Crippen LogP contribution in [0.4, 0.5) is 5.69 Å². The van der Waals surface area contributed by atoms with Crippen LogP contribution < -0.4 is 14.8 Å². The molecule has 3 rings (SSSR count). The van der Waals surface area contributed by atoms with Crippen LogP contribution >= 0.6 is 12.2 Å². The summed E-state index contributed by atoms with van der Waals surface area (Å²) in [6.45, 7) is 0.902. The highest BCUT2D eigenvalue weighted by Gasteiger charge is 2.31. The fourth-order valence-electron chi connectivity index (χ4n) is 2.52. The highest BCUT2D eigenvalue weighted by Crippen LogP contribution is 2.38. The topological polar surface area (TPSA) is 103 Å². The number of nitrogens with zero attached hydrogens (tertiary/aromatic N) is 2. The number of fused-ring (bicyclic) bond motifs is 1. The second kappa shape index (κ2) is 7.03. The van der Waals surface area contributed by atoms with Gasteiger partial charge in [0.25, 0.3) is 11.6 Å². The molecule has 10 heteroatoms. The fourth-order valence-corrected chi connectivity index (χ4v) is 2.80. The van der Waals surface area contributed by atoms with E-state index in [1.807, 2.05) is 0 Å². The molecule has 1 N–H and O–H groups in total. The van der Waals surface area contributed by atoms with Gasteiger partial charge in [0, 0.05) is 20.3 Å². The molecule has 0 aromatic heterocycles. The highest BCUT2D eigenvalue weighted by molar-refractivity contribution is 7.80. The third-order valence-corrected chi connectivity index (χ3v) is 4.03. The number of ether oxygens (including phenoxy) is 3. The molecule has 1 amide bonds. The number of thiocarbonyl (C=S) groups is 1. The van der Waals surface area contributed by atoms with Crippen LogP contribution in [-0.2, 0) is 9.53 Å². The Kier molecular flexibility index (Phi) is 4.81. The van der Waals surface area contributed by atoms with Crippen LogP contribution in [-0.4, -0.2) is 47.9 Å². The summed E-state index contributed by atoms with van der Waals surface area (Å²) in [4.78, 5) is 24.6. The number of carbonyl (C=O) groups excluding carboxylic acids is 1. The Bertz CT molecular complexity index is 779. The molecule has 1 aromatic carbocycles. The first-order valence-electron chi connectivity index (χ1n) is 7.43. The zero-order valence-corrected chi connectivity index (χ0v) is 14.1. The van der Waals surface area contributed by atoms with E-state index in [1.54, 1.807) is 7.11 Å². The van der Waals surface area contributed by atoms with E-state index in [0.29, 0.717) is 31.1 Å². The number of hydrogen-bond acceptors (Lipinski definition) is 7. The molecule has 2 aliphatic rings. The lowest BCUT2D eigenvalue weighted by Gasteiger charge is -2.12. The van der Waals surface area contributed by atoms with E-state index >= 15 is 0 Å². The molecule has 1 saturated heterocycles. The maximum absolute atomic E-state index is 12.5. The van der Waals surface area contributed by atoms with Crippen molar-refractivity contribution < 1.29 is 23.9 Å². The number of methoxy groups -OCH3 is 1. The predicted octanol–water partition coefficient (Wildman–Crippen LogP) is 1.42. The van der Waals surface area contributed by atoms with Crippen LogP contribution in [0.25, 0.3) is 6.08 Å². The number of nitro benzene ring substituents is 1. The second-order valence-corrected chi connectivity index (χ2v) is 5.70. The summed E-state index contributed by atoms with van der Waals surface area (Å²) in [6.07, 6.45) is 2.02. The van der Waals surface area contributed by atoms with Gasteiger partial charge >= 0.3 is 0 Å². The Morgan fingerprint density at radius 1 is 1.44 bits per heavy atom. The highest BCUT2D eigenvalue weighted by atomic mass is 32.1. The Hall–Kier alpha value is -2.72. The van der Waals surface area contributed by atoms with Crippen LogP contribution in [0.5, 0.6) is 11.5 Å². The van der Waals surface area contributed by atoms with Crippen molar-refractivity contribution in [2.24, 2.45) is 0 Å². The maximum Gasteiger partial charge on any atom is 0.280 e. The van der Waals surface area contributed by atoms with E-state index in [4.69, 9.17) is 26.4 Å². The summed E-state index contributed by atoms with van der Waals surface area (Å²) in [5, 5.41) is 14.4. The average Bonchev–Trinajstić information content (AvgIpc) is 3.13. The van der Waals surface area contributed by atoms with Crippen LogP contribution in [0.3, 0.4) is 0 Å². The lowest BCUT2D eigenvalue weighted by molar-refractivity contribution is -0.385. The molecule has 9 nitrogen and oxygen atoms in total. The molecule has 0 saturated carbocycles. The van der Waals surface area contributed by atoms with Gasteiger partial charge in [-0.3, -0.25) is 19.8 Å². The first kappa shape index (κ1) is 17.1. The summed E-state index contributed by atoms with van der Waals surface area (Å²) in [7, 11) is 1.58. The molecule has 0 aliphatic carbocycles. The fraction of sp³-hybridized carbons (Fsp3) is 0.333. The summed E-state index contributed by atoms with van der Waals surface area (Å²) < 4.78 is 15.4. The molecule has 132 valence electrons. The zero-order valence-electron chi connectivity index (χ0n) is 13.3. The van der Waals surface area contributed by atoms with Crippen molar-refractivity contribution in [2.75, 3.05) is 27.1 Å². The number of hydrogen-bond donors (Lipinski definition) is 1. The number of carbonyl (C=O) groups is 1. The van der Waals surface area contributed by atoms with Gasteiger partial charge in [-0.2, -0.15) is 0 Å². The maximum atomic E-state index is 12.5. The van der Waals surface area contributed by atoms with Crippen molar-refractivity contribution in [3.63, 3.8) is 0 Å². The molecule has 2 heterocycles. The van der Waals surface area contributed by atoms with E-state index in [0.717, 1.165) is 0 Å². The van der Waals surface area contributed by atoms with Gasteiger partial charge in [-0.15, -0.1) is 0 Å². The standard InChI is InChI=1S/C15H15N3O6S/c1-22-4-2-3-17-14(19)10(16-15(17)25)5-9-6-12-13(24-8-23-12)7-11(9)18(20)21/h5-7H,2-4,8H2,1H3,(H,16,25)/b10-5+. The third-order valence-electron chi connectivity index (χ3n) is 3.71. The lowest BCUT2D eigenvalue weighted by atomic mass is 10.1. The minimum absolute atomic E-state index is 0.00105. The summed E-state index contributed by atoms with van der Waals surface area (Å²) >= 11 is 5.16. The molecule has 0 unspecified atom stereocenters. The van der Waals surface area contributed by atoms with Crippen LogP contribution in [0.15, 0.2) is 17.8 Å². The van der Waals surface area contributed by atoms with Crippen molar-refractivity contribution in [1.82, 2.24) is 10.2 Å². The number of benzene rings is 1. The van der Waals surface area contributed by atoms with Crippen molar-refractivity contribution in [1.29, 1.82) is 0 Å². The first-order chi connectivity index (χ1) is 12.0. The van der Waals surface area contributed by atoms with Gasteiger partial charge in [-0.1, -0.05) is 0 Å².